The van der Waals surface area contributed by atoms with Crippen LogP contribution in [0.5, 0.6) is 0 Å². The molecule has 2 bridgehead atoms. The number of hydrogen-bond donors (Lipinski definition) is 0. The van der Waals surface area contributed by atoms with Crippen LogP contribution in [0.1, 0.15) is 38.2 Å². The van der Waals surface area contributed by atoms with Crippen molar-refractivity contribution in [2.75, 3.05) is 13.2 Å². The highest BCUT2D eigenvalue weighted by Crippen LogP contribution is 2.54. The molecule has 0 radical (unpaired) electrons. The summed E-state index contributed by atoms with van der Waals surface area (Å²) in [6.07, 6.45) is 0.499. The third-order valence-electron chi connectivity index (χ3n) is 5.78. The molecule has 0 aliphatic heterocycles. The maximum Gasteiger partial charge on any atom is 0.320 e. The molecule has 0 N–H and O–H groups in total. The van der Waals surface area contributed by atoms with Crippen LogP contribution >= 0.6 is 0 Å². The molecule has 2 aliphatic rings. The lowest BCUT2D eigenvalue weighted by atomic mass is 9.65. The predicted octanol–water partition coefficient (Wildman–Crippen LogP) is 2.21. The van der Waals surface area contributed by atoms with Crippen LogP contribution in [0.4, 0.5) is 0 Å². The first kappa shape index (κ1) is 20.7. The number of carbonyl (C=O) groups excluding carboxylic acids is 3. The van der Waals surface area contributed by atoms with Gasteiger partial charge in [0.25, 0.3) is 10.1 Å². The van der Waals surface area contributed by atoms with Crippen LogP contribution in [0.3, 0.4) is 0 Å². The third-order valence-corrected chi connectivity index (χ3v) is 7.11. The molecule has 1 aromatic rings. The van der Waals surface area contributed by atoms with Gasteiger partial charge in [-0.3, -0.25) is 18.6 Å². The lowest BCUT2D eigenvalue weighted by Gasteiger charge is -2.36. The van der Waals surface area contributed by atoms with Gasteiger partial charge in [0, 0.05) is 18.8 Å². The Morgan fingerprint density at radius 3 is 2.54 bits per heavy atom. The number of Topliss-reactive ketones (excluding diaryl/α,β-unsaturated/α-hetero) is 2. The molecule has 8 heteroatoms. The molecule has 3 rings (SSSR count). The largest absolute Gasteiger partial charge is 0.465 e. The van der Waals surface area contributed by atoms with E-state index < -0.39 is 33.3 Å². The van der Waals surface area contributed by atoms with E-state index in [9.17, 15) is 22.8 Å². The van der Waals surface area contributed by atoms with E-state index in [2.05, 4.69) is 0 Å². The summed E-state index contributed by atoms with van der Waals surface area (Å²) in [5.41, 5.74) is -0.571. The topological polar surface area (TPSA) is 104 Å². The highest BCUT2D eigenvalue weighted by molar-refractivity contribution is 7.86. The van der Waals surface area contributed by atoms with E-state index in [0.717, 1.165) is 5.56 Å². The molecular weight excluding hydrogens is 384 g/mol. The number of fused-ring (bicyclic) bond motifs is 2. The summed E-state index contributed by atoms with van der Waals surface area (Å²) < 4.78 is 35.0. The summed E-state index contributed by atoms with van der Waals surface area (Å²) in [6.45, 7) is 3.39. The number of carbonyl (C=O) groups is 3. The number of esters is 1. The first-order valence-electron chi connectivity index (χ1n) is 9.41. The van der Waals surface area contributed by atoms with Crippen LogP contribution < -0.4 is 0 Å². The molecule has 152 valence electrons. The molecular formula is C20H24O7S. The van der Waals surface area contributed by atoms with Crippen LogP contribution in [0.15, 0.2) is 29.2 Å². The Hall–Kier alpha value is -2.06. The molecule has 2 saturated carbocycles. The minimum Gasteiger partial charge on any atom is -0.465 e. The monoisotopic (exact) mass is 408 g/mol. The van der Waals surface area contributed by atoms with Gasteiger partial charge < -0.3 is 4.74 Å². The number of rotatable bonds is 7. The van der Waals surface area contributed by atoms with Gasteiger partial charge in [0.05, 0.1) is 18.1 Å². The second-order valence-electron chi connectivity index (χ2n) is 7.39. The van der Waals surface area contributed by atoms with Crippen LogP contribution in [0.2, 0.25) is 0 Å². The van der Waals surface area contributed by atoms with Gasteiger partial charge >= 0.3 is 5.97 Å². The number of hydrogen-bond acceptors (Lipinski definition) is 7. The maximum absolute atomic E-state index is 12.6. The minimum atomic E-state index is -3.96. The van der Waals surface area contributed by atoms with E-state index in [1.165, 1.54) is 12.1 Å². The van der Waals surface area contributed by atoms with Gasteiger partial charge in [-0.15, -0.1) is 0 Å². The summed E-state index contributed by atoms with van der Waals surface area (Å²) in [5, 5.41) is 0. The zero-order valence-electron chi connectivity index (χ0n) is 16.0. The Labute approximate surface area is 164 Å². The molecule has 0 heterocycles. The highest BCUT2D eigenvalue weighted by Gasteiger charge is 2.64. The van der Waals surface area contributed by atoms with E-state index in [4.69, 9.17) is 8.92 Å². The molecule has 0 amide bonds. The molecule has 0 aromatic heterocycles. The molecule has 3 atom stereocenters. The fourth-order valence-electron chi connectivity index (χ4n) is 4.38. The van der Waals surface area contributed by atoms with Gasteiger partial charge in [0.15, 0.2) is 5.78 Å². The number of aryl methyl sites for hydroxylation is 1. The molecule has 0 spiro atoms. The van der Waals surface area contributed by atoms with Crippen molar-refractivity contribution in [2.45, 2.75) is 44.4 Å². The van der Waals surface area contributed by atoms with Gasteiger partial charge in [-0.1, -0.05) is 17.7 Å². The van der Waals surface area contributed by atoms with Crippen LogP contribution in [0, 0.1) is 24.2 Å². The van der Waals surface area contributed by atoms with E-state index in [0.29, 0.717) is 6.42 Å². The van der Waals surface area contributed by atoms with Crippen LogP contribution in [-0.2, 0) is 33.4 Å². The fourth-order valence-corrected chi connectivity index (χ4v) is 5.31. The zero-order valence-corrected chi connectivity index (χ0v) is 16.8. The van der Waals surface area contributed by atoms with E-state index in [1.807, 2.05) is 6.92 Å². The summed E-state index contributed by atoms with van der Waals surface area (Å²) in [5.74, 6) is -2.13. The van der Waals surface area contributed by atoms with Crippen molar-refractivity contribution >= 4 is 27.7 Å². The number of ketones is 2. The predicted molar refractivity (Wildman–Crippen MR) is 98.8 cm³/mol. The average molecular weight is 408 g/mol. The summed E-state index contributed by atoms with van der Waals surface area (Å²) in [6, 6.07) is 6.26. The zero-order chi connectivity index (χ0) is 20.5. The van der Waals surface area contributed by atoms with Gasteiger partial charge in [-0.05, 0) is 44.7 Å². The molecule has 0 saturated heterocycles. The second-order valence-corrected chi connectivity index (χ2v) is 9.00. The maximum atomic E-state index is 12.6. The lowest BCUT2D eigenvalue weighted by molar-refractivity contribution is -0.165. The van der Waals surface area contributed by atoms with Crippen molar-refractivity contribution < 1.29 is 31.7 Å². The Bertz CT molecular complexity index is 888. The van der Waals surface area contributed by atoms with E-state index >= 15 is 0 Å². The highest BCUT2D eigenvalue weighted by atomic mass is 32.2. The van der Waals surface area contributed by atoms with Gasteiger partial charge in [-0.2, -0.15) is 8.42 Å². The van der Waals surface area contributed by atoms with Crippen LogP contribution in [0.25, 0.3) is 0 Å². The lowest BCUT2D eigenvalue weighted by Crippen LogP contribution is -2.48. The quantitative estimate of drug-likeness (QED) is 0.387. The molecule has 7 nitrogen and oxygen atoms in total. The van der Waals surface area contributed by atoms with Gasteiger partial charge in [-0.25, -0.2) is 0 Å². The summed E-state index contributed by atoms with van der Waals surface area (Å²) in [4.78, 5) is 37.7. The third kappa shape index (κ3) is 3.51. The van der Waals surface area contributed by atoms with E-state index in [-0.39, 0.29) is 48.9 Å². The Morgan fingerprint density at radius 1 is 1.21 bits per heavy atom. The number of benzene rings is 1. The average Bonchev–Trinajstić information content (AvgIpc) is 2.85. The molecule has 2 fully saturated rings. The first-order chi connectivity index (χ1) is 13.2. The Balaban J connectivity index is 1.76. The van der Waals surface area contributed by atoms with E-state index in [1.54, 1.807) is 19.1 Å². The first-order valence-corrected chi connectivity index (χ1v) is 10.8. The smallest absolute Gasteiger partial charge is 0.320 e. The van der Waals surface area contributed by atoms with Crippen molar-refractivity contribution in [3.63, 3.8) is 0 Å². The Kier molecular flexibility index (Phi) is 5.72. The van der Waals surface area contributed by atoms with Crippen molar-refractivity contribution in [2.24, 2.45) is 17.3 Å². The normalized spacial score (nSPS) is 27.1. The van der Waals surface area contributed by atoms with Crippen molar-refractivity contribution in [3.05, 3.63) is 29.8 Å². The van der Waals surface area contributed by atoms with Crippen molar-refractivity contribution in [3.8, 4) is 0 Å². The number of ether oxygens (including phenoxy) is 1. The van der Waals surface area contributed by atoms with Crippen molar-refractivity contribution in [1.29, 1.82) is 0 Å². The SMILES string of the molecule is CCOC(=O)C12CC(=O)C(CCC1=O)C2CCOS(=O)(=O)c1ccc(C)cc1. The molecule has 3 unspecified atom stereocenters. The van der Waals surface area contributed by atoms with Crippen molar-refractivity contribution in [1.82, 2.24) is 0 Å². The minimum absolute atomic E-state index is 0.0389. The standard InChI is InChI=1S/C20H24O7S/c1-3-26-19(23)20-12-17(21)15(8-9-18(20)22)16(20)10-11-27-28(24,25)14-6-4-13(2)5-7-14/h4-7,15-16H,3,8-12H2,1-2H3. The van der Waals surface area contributed by atoms with Crippen LogP contribution in [-0.4, -0.2) is 39.2 Å². The molecule has 1 aromatic carbocycles. The molecule has 28 heavy (non-hydrogen) atoms. The Morgan fingerprint density at radius 2 is 1.89 bits per heavy atom. The summed E-state index contributed by atoms with van der Waals surface area (Å²) in [7, 11) is -3.96. The molecule has 2 aliphatic carbocycles. The van der Waals surface area contributed by atoms with Gasteiger partial charge in [0.1, 0.15) is 11.2 Å². The summed E-state index contributed by atoms with van der Waals surface area (Å²) >= 11 is 0. The van der Waals surface area contributed by atoms with Gasteiger partial charge in [0.2, 0.25) is 0 Å². The second kappa shape index (κ2) is 7.75. The fraction of sp³-hybridized carbons (Fsp3) is 0.550.